The van der Waals surface area contributed by atoms with Gasteiger partial charge in [0.05, 0.1) is 22.6 Å². The van der Waals surface area contributed by atoms with Crippen molar-refractivity contribution in [3.8, 4) is 5.75 Å². The first-order valence-electron chi connectivity index (χ1n) is 3.25. The lowest BCUT2D eigenvalue weighted by atomic mass is 10.3. The molecule has 0 atom stereocenters. The van der Waals surface area contributed by atoms with E-state index in [-0.39, 0.29) is 0 Å². The van der Waals surface area contributed by atoms with Crippen LogP contribution in [-0.2, 0) is 0 Å². The second kappa shape index (κ2) is 4.29. The van der Waals surface area contributed by atoms with Crippen LogP contribution < -0.4 is 4.74 Å². The van der Waals surface area contributed by atoms with Crippen molar-refractivity contribution in [2.24, 2.45) is 0 Å². The van der Waals surface area contributed by atoms with Gasteiger partial charge in [0.25, 0.3) is 0 Å². The Labute approximate surface area is 93.2 Å². The van der Waals surface area contributed by atoms with Gasteiger partial charge in [-0.05, 0) is 0 Å². The van der Waals surface area contributed by atoms with E-state index in [1.807, 2.05) is 0 Å². The molecule has 0 saturated heterocycles. The average molecular weight is 338 g/mol. The zero-order chi connectivity index (χ0) is 11.7. The maximum atomic E-state index is 12.8. The van der Waals surface area contributed by atoms with E-state index < -0.39 is 38.8 Å². The Kier molecular flexibility index (Phi) is 3.47. The zero-order valence-electron chi connectivity index (χ0n) is 6.58. The Bertz CT molecular complexity index is 405. The van der Waals surface area contributed by atoms with Crippen molar-refractivity contribution in [1.82, 2.24) is 0 Å². The van der Waals surface area contributed by atoms with Crippen LogP contribution in [0.2, 0.25) is 0 Å². The SMILES string of the molecule is O=C(I)Oc1c(F)c(F)c(F)c(F)c1F. The Hall–Kier alpha value is -0.930. The summed E-state index contributed by atoms with van der Waals surface area (Å²) in [5.41, 5.74) is 0. The molecule has 0 heterocycles. The summed E-state index contributed by atoms with van der Waals surface area (Å²) in [4.78, 5) is 10.3. The summed E-state index contributed by atoms with van der Waals surface area (Å²) in [6, 6.07) is 0. The number of hydrogen-bond acceptors (Lipinski definition) is 2. The predicted molar refractivity (Wildman–Crippen MR) is 46.3 cm³/mol. The highest BCUT2D eigenvalue weighted by atomic mass is 127. The van der Waals surface area contributed by atoms with Crippen LogP contribution in [0.25, 0.3) is 0 Å². The normalized spacial score (nSPS) is 10.3. The molecule has 0 aromatic heterocycles. The Morgan fingerprint density at radius 1 is 0.867 bits per heavy atom. The van der Waals surface area contributed by atoms with Gasteiger partial charge in [-0.3, -0.25) is 0 Å². The summed E-state index contributed by atoms with van der Waals surface area (Å²) in [5.74, 6) is -12.6. The van der Waals surface area contributed by atoms with E-state index in [0.29, 0.717) is 0 Å². The molecule has 8 heteroatoms. The fraction of sp³-hybridized carbons (Fsp3) is 0. The van der Waals surface area contributed by atoms with Gasteiger partial charge >= 0.3 is 3.98 Å². The summed E-state index contributed by atoms with van der Waals surface area (Å²) < 4.78 is 65.6. The first kappa shape index (κ1) is 12.1. The van der Waals surface area contributed by atoms with Crippen LogP contribution in [0.3, 0.4) is 0 Å². The van der Waals surface area contributed by atoms with Crippen molar-refractivity contribution in [3.63, 3.8) is 0 Å². The highest BCUT2D eigenvalue weighted by Crippen LogP contribution is 2.29. The number of hydrogen-bond donors (Lipinski definition) is 0. The molecule has 1 rings (SSSR count). The third-order valence-electron chi connectivity index (χ3n) is 1.35. The van der Waals surface area contributed by atoms with E-state index in [0.717, 1.165) is 22.6 Å². The molecule has 1 aromatic rings. The van der Waals surface area contributed by atoms with Crippen LogP contribution in [0.5, 0.6) is 5.75 Å². The van der Waals surface area contributed by atoms with Gasteiger partial charge in [-0.2, -0.15) is 8.78 Å². The number of rotatable bonds is 1. The molecule has 15 heavy (non-hydrogen) atoms. The van der Waals surface area contributed by atoms with E-state index in [1.54, 1.807) is 0 Å². The standard InChI is InChI=1S/C7F5IO2/c8-1-2(9)4(11)6(15-7(13)14)5(12)3(1)10. The van der Waals surface area contributed by atoms with Crippen LogP contribution in [0.15, 0.2) is 0 Å². The molecule has 0 unspecified atom stereocenters. The van der Waals surface area contributed by atoms with Crippen molar-refractivity contribution in [2.75, 3.05) is 0 Å². The van der Waals surface area contributed by atoms with Gasteiger partial charge in [-0.1, -0.05) is 0 Å². The molecular formula is C7F5IO2. The lowest BCUT2D eigenvalue weighted by Crippen LogP contribution is -2.07. The average Bonchev–Trinajstić information content (AvgIpc) is 2.18. The second-order valence-corrected chi connectivity index (χ2v) is 3.12. The van der Waals surface area contributed by atoms with Gasteiger partial charge in [0.2, 0.25) is 34.8 Å². The molecule has 1 aromatic carbocycles. The quantitative estimate of drug-likeness (QED) is 0.258. The number of ether oxygens (including phenoxy) is 1. The first-order valence-corrected chi connectivity index (χ1v) is 4.33. The Morgan fingerprint density at radius 3 is 1.53 bits per heavy atom. The molecule has 0 spiro atoms. The van der Waals surface area contributed by atoms with Crippen LogP contribution in [0.4, 0.5) is 26.7 Å². The molecule has 0 bridgehead atoms. The van der Waals surface area contributed by atoms with E-state index in [1.165, 1.54) is 0 Å². The van der Waals surface area contributed by atoms with Crippen molar-refractivity contribution in [2.45, 2.75) is 0 Å². The maximum absolute atomic E-state index is 12.8. The Morgan fingerprint density at radius 2 is 1.20 bits per heavy atom. The molecule has 0 saturated carbocycles. The van der Waals surface area contributed by atoms with Gasteiger partial charge in [-0.25, -0.2) is 18.0 Å². The maximum Gasteiger partial charge on any atom is 0.372 e. The minimum Gasteiger partial charge on any atom is -0.412 e. The second-order valence-electron chi connectivity index (χ2n) is 2.24. The van der Waals surface area contributed by atoms with E-state index >= 15 is 0 Å². The number of carbonyl (C=O) groups excluding carboxylic acids is 1. The van der Waals surface area contributed by atoms with Gasteiger partial charge < -0.3 is 4.74 Å². The molecule has 0 radical (unpaired) electrons. The zero-order valence-corrected chi connectivity index (χ0v) is 8.74. The van der Waals surface area contributed by atoms with Crippen molar-refractivity contribution < 1.29 is 31.5 Å². The van der Waals surface area contributed by atoms with Crippen LogP contribution in [0, 0.1) is 29.1 Å². The molecule has 2 nitrogen and oxygen atoms in total. The van der Waals surface area contributed by atoms with Gasteiger partial charge in [0.15, 0.2) is 0 Å². The molecular weight excluding hydrogens is 338 g/mol. The lowest BCUT2D eigenvalue weighted by Gasteiger charge is -2.05. The molecule has 0 N–H and O–H groups in total. The van der Waals surface area contributed by atoms with E-state index in [2.05, 4.69) is 4.74 Å². The smallest absolute Gasteiger partial charge is 0.372 e. The molecule has 0 amide bonds. The largest absolute Gasteiger partial charge is 0.412 e. The van der Waals surface area contributed by atoms with Crippen LogP contribution >= 0.6 is 22.6 Å². The third kappa shape index (κ3) is 2.19. The van der Waals surface area contributed by atoms with Gasteiger partial charge in [-0.15, -0.1) is 0 Å². The third-order valence-corrected chi connectivity index (χ3v) is 1.57. The fourth-order valence-electron chi connectivity index (χ4n) is 0.755. The molecule has 0 fully saturated rings. The molecule has 0 aliphatic heterocycles. The van der Waals surface area contributed by atoms with Gasteiger partial charge in [0.1, 0.15) is 0 Å². The lowest BCUT2D eigenvalue weighted by molar-refractivity contribution is 0.223. The van der Waals surface area contributed by atoms with Crippen molar-refractivity contribution in [1.29, 1.82) is 0 Å². The van der Waals surface area contributed by atoms with Crippen LogP contribution in [0.1, 0.15) is 0 Å². The monoisotopic (exact) mass is 338 g/mol. The Balaban J connectivity index is 3.45. The molecule has 82 valence electrons. The van der Waals surface area contributed by atoms with Crippen molar-refractivity contribution in [3.05, 3.63) is 29.1 Å². The van der Waals surface area contributed by atoms with Crippen LogP contribution in [-0.4, -0.2) is 3.98 Å². The summed E-state index contributed by atoms with van der Waals surface area (Å²) >= 11 is 0.978. The number of carbonyl (C=O) groups is 1. The molecule has 0 aliphatic rings. The molecule has 0 aliphatic carbocycles. The van der Waals surface area contributed by atoms with Crippen molar-refractivity contribution >= 4 is 26.6 Å². The summed E-state index contributed by atoms with van der Waals surface area (Å²) in [6.07, 6.45) is 0. The first-order chi connectivity index (χ1) is 6.86. The van der Waals surface area contributed by atoms with E-state index in [9.17, 15) is 26.7 Å². The topological polar surface area (TPSA) is 26.3 Å². The summed E-state index contributed by atoms with van der Waals surface area (Å²) in [5, 5.41) is 0. The number of benzene rings is 1. The minimum atomic E-state index is -2.31. The highest BCUT2D eigenvalue weighted by molar-refractivity contribution is 14.1. The van der Waals surface area contributed by atoms with E-state index in [4.69, 9.17) is 0 Å². The summed E-state index contributed by atoms with van der Waals surface area (Å²) in [7, 11) is 0. The fourth-order valence-corrected chi connectivity index (χ4v) is 0.975. The minimum absolute atomic E-state index is 0.978. The van der Waals surface area contributed by atoms with Gasteiger partial charge in [0, 0.05) is 0 Å². The highest BCUT2D eigenvalue weighted by Gasteiger charge is 2.27. The summed E-state index contributed by atoms with van der Waals surface area (Å²) in [6.45, 7) is 0. The number of halogens is 6. The predicted octanol–water partition coefficient (Wildman–Crippen LogP) is 3.32.